The number of halogens is 3. The standard InChI is InChI=1S/C26H35N9O4.C2HF3O2/c1-32-23(37)18(14-15-9-11-17(12-10-15)21(27)28)24(38)35-20(16-6-3-2-4-7-16)25(39)34-19(22(29)36)8-5-13-33-26(30)31;3-2(4,5)1(6)7/h2-4,6-7,9-12,18-20H,5,8,13-14H2,1H3,(H3,27,28)(H2,29,36)(H,32,37)(H,34,39)(H,35,38)(H4,30,31,33);(H,6,7)/t18?,19?,20-;/m0./s1. The first-order valence-electron chi connectivity index (χ1n) is 13.4. The quantitative estimate of drug-likeness (QED) is 0.0544. The molecule has 250 valence electrons. The van der Waals surface area contributed by atoms with Gasteiger partial charge in [-0.1, -0.05) is 54.6 Å². The zero-order valence-electron chi connectivity index (χ0n) is 24.6. The highest BCUT2D eigenvalue weighted by Crippen LogP contribution is 2.17. The second-order valence-electron chi connectivity index (χ2n) is 9.55. The molecule has 0 aliphatic carbocycles. The van der Waals surface area contributed by atoms with E-state index in [0.29, 0.717) is 23.1 Å². The van der Waals surface area contributed by atoms with E-state index in [0.717, 1.165) is 0 Å². The molecular weight excluding hydrogens is 615 g/mol. The Morgan fingerprint density at radius 2 is 1.46 bits per heavy atom. The van der Waals surface area contributed by atoms with Gasteiger partial charge in [0.05, 0.1) is 0 Å². The van der Waals surface area contributed by atoms with Gasteiger partial charge in [-0.15, -0.1) is 0 Å². The monoisotopic (exact) mass is 651 g/mol. The Kier molecular flexibility index (Phi) is 15.2. The third kappa shape index (κ3) is 13.3. The number of amides is 4. The second-order valence-corrected chi connectivity index (χ2v) is 9.55. The Hall–Kier alpha value is -5.68. The van der Waals surface area contributed by atoms with Crippen LogP contribution in [0, 0.1) is 11.3 Å². The van der Waals surface area contributed by atoms with Crippen LogP contribution in [-0.4, -0.2) is 72.3 Å². The number of benzene rings is 2. The van der Waals surface area contributed by atoms with Gasteiger partial charge in [0.1, 0.15) is 23.8 Å². The lowest BCUT2D eigenvalue weighted by Crippen LogP contribution is -2.51. The average molecular weight is 652 g/mol. The maximum absolute atomic E-state index is 13.4. The van der Waals surface area contributed by atoms with Crippen molar-refractivity contribution >= 4 is 41.4 Å². The fourth-order valence-corrected chi connectivity index (χ4v) is 3.77. The molecule has 18 heteroatoms. The van der Waals surface area contributed by atoms with Crippen molar-refractivity contribution in [1.29, 1.82) is 5.41 Å². The number of guanidine groups is 1. The van der Waals surface area contributed by atoms with Crippen LogP contribution in [0.1, 0.15) is 35.6 Å². The third-order valence-corrected chi connectivity index (χ3v) is 6.11. The van der Waals surface area contributed by atoms with Crippen LogP contribution < -0.4 is 38.9 Å². The summed E-state index contributed by atoms with van der Waals surface area (Å²) < 4.78 is 31.7. The van der Waals surface area contributed by atoms with E-state index in [1.54, 1.807) is 54.6 Å². The maximum atomic E-state index is 13.4. The van der Waals surface area contributed by atoms with E-state index in [1.807, 2.05) is 0 Å². The lowest BCUT2D eigenvalue weighted by molar-refractivity contribution is -0.192. The number of nitrogen functional groups attached to an aromatic ring is 1. The average Bonchev–Trinajstić information content (AvgIpc) is 2.99. The predicted octanol–water partition coefficient (Wildman–Crippen LogP) is -0.610. The Morgan fingerprint density at radius 1 is 0.891 bits per heavy atom. The summed E-state index contributed by atoms with van der Waals surface area (Å²) in [7, 11) is 1.41. The van der Waals surface area contributed by atoms with Gasteiger partial charge in [0, 0.05) is 19.2 Å². The van der Waals surface area contributed by atoms with Gasteiger partial charge in [0.15, 0.2) is 5.96 Å². The van der Waals surface area contributed by atoms with Crippen molar-refractivity contribution in [3.63, 3.8) is 0 Å². The number of amidine groups is 1. The highest BCUT2D eigenvalue weighted by atomic mass is 19.4. The number of carboxylic acids is 1. The highest BCUT2D eigenvalue weighted by Gasteiger charge is 2.38. The molecule has 0 aromatic heterocycles. The molecule has 46 heavy (non-hydrogen) atoms. The normalized spacial score (nSPS) is 12.5. The number of aliphatic carboxylic acids is 1. The third-order valence-electron chi connectivity index (χ3n) is 6.11. The minimum absolute atomic E-state index is 0.0293. The molecule has 3 atom stereocenters. The van der Waals surface area contributed by atoms with E-state index in [4.69, 9.17) is 38.2 Å². The molecule has 15 nitrogen and oxygen atoms in total. The van der Waals surface area contributed by atoms with E-state index in [2.05, 4.69) is 20.9 Å². The summed E-state index contributed by atoms with van der Waals surface area (Å²) in [4.78, 5) is 64.1. The summed E-state index contributed by atoms with van der Waals surface area (Å²) in [5.74, 6) is -6.82. The smallest absolute Gasteiger partial charge is 0.475 e. The fraction of sp³-hybridized carbons (Fsp3) is 0.321. The number of rotatable bonds is 14. The van der Waals surface area contributed by atoms with Crippen molar-refractivity contribution in [3.8, 4) is 0 Å². The van der Waals surface area contributed by atoms with Crippen LogP contribution in [0.15, 0.2) is 59.6 Å². The van der Waals surface area contributed by atoms with E-state index in [1.165, 1.54) is 7.05 Å². The van der Waals surface area contributed by atoms with Crippen LogP contribution in [-0.2, 0) is 30.4 Å². The van der Waals surface area contributed by atoms with E-state index in [9.17, 15) is 32.3 Å². The van der Waals surface area contributed by atoms with Gasteiger partial charge in [-0.2, -0.15) is 13.2 Å². The second kappa shape index (κ2) is 18.2. The number of hydrogen-bond acceptors (Lipinski definition) is 7. The van der Waals surface area contributed by atoms with Crippen LogP contribution in [0.25, 0.3) is 0 Å². The molecule has 0 fully saturated rings. The largest absolute Gasteiger partial charge is 0.490 e. The van der Waals surface area contributed by atoms with Crippen LogP contribution in [0.4, 0.5) is 13.2 Å². The van der Waals surface area contributed by atoms with Gasteiger partial charge in [-0.25, -0.2) is 4.79 Å². The summed E-state index contributed by atoms with van der Waals surface area (Å²) >= 11 is 0. The lowest BCUT2D eigenvalue weighted by atomic mass is 9.95. The summed E-state index contributed by atoms with van der Waals surface area (Å²) in [5.41, 5.74) is 23.2. The van der Waals surface area contributed by atoms with Gasteiger partial charge in [-0.05, 0) is 30.4 Å². The Bertz CT molecular complexity index is 1400. The van der Waals surface area contributed by atoms with Crippen molar-refractivity contribution < 1.29 is 42.3 Å². The molecule has 2 aromatic carbocycles. The minimum atomic E-state index is -5.08. The number of nitrogens with two attached hydrogens (primary N) is 4. The number of carbonyl (C=O) groups is 5. The number of carbonyl (C=O) groups excluding carboxylic acids is 4. The van der Waals surface area contributed by atoms with Gasteiger partial charge in [-0.3, -0.25) is 29.6 Å². The number of nitrogens with one attached hydrogen (secondary N) is 4. The summed E-state index contributed by atoms with van der Waals surface area (Å²) in [5, 5.41) is 22.4. The molecule has 0 bridgehead atoms. The molecule has 0 saturated heterocycles. The Balaban J connectivity index is 0.00000135. The highest BCUT2D eigenvalue weighted by molar-refractivity contribution is 6.02. The molecule has 0 spiro atoms. The molecule has 0 aliphatic heterocycles. The van der Waals surface area contributed by atoms with Crippen LogP contribution in [0.5, 0.6) is 0 Å². The molecule has 4 amide bonds. The van der Waals surface area contributed by atoms with Crippen molar-refractivity contribution in [2.24, 2.45) is 33.8 Å². The number of alkyl halides is 3. The first-order valence-corrected chi connectivity index (χ1v) is 13.4. The minimum Gasteiger partial charge on any atom is -0.475 e. The number of carboxylic acid groups (broad SMARTS) is 1. The topological polar surface area (TPSA) is 282 Å². The van der Waals surface area contributed by atoms with Crippen molar-refractivity contribution in [3.05, 3.63) is 71.3 Å². The first kappa shape index (κ1) is 38.3. The Morgan fingerprint density at radius 3 is 1.91 bits per heavy atom. The summed E-state index contributed by atoms with van der Waals surface area (Å²) in [6.45, 7) is 0.238. The molecule has 13 N–H and O–H groups in total. The van der Waals surface area contributed by atoms with Crippen LogP contribution >= 0.6 is 0 Å². The molecule has 2 unspecified atom stereocenters. The van der Waals surface area contributed by atoms with Crippen LogP contribution in [0.3, 0.4) is 0 Å². The molecule has 0 heterocycles. The number of aliphatic imine (C=N–C) groups is 1. The molecule has 2 rings (SSSR count). The number of primary amides is 1. The summed E-state index contributed by atoms with van der Waals surface area (Å²) in [6.07, 6.45) is -4.51. The number of hydrogen-bond donors (Lipinski definition) is 9. The van der Waals surface area contributed by atoms with Crippen molar-refractivity contribution in [2.45, 2.75) is 37.5 Å². The van der Waals surface area contributed by atoms with Crippen molar-refractivity contribution in [2.75, 3.05) is 13.6 Å². The molecule has 2 aromatic rings. The number of nitrogens with zero attached hydrogens (tertiary/aromatic N) is 1. The van der Waals surface area contributed by atoms with E-state index < -0.39 is 53.8 Å². The molecule has 0 aliphatic rings. The van der Waals surface area contributed by atoms with E-state index in [-0.39, 0.29) is 31.2 Å². The fourth-order valence-electron chi connectivity index (χ4n) is 3.77. The van der Waals surface area contributed by atoms with Gasteiger partial charge in [0.25, 0.3) is 0 Å². The van der Waals surface area contributed by atoms with Crippen LogP contribution in [0.2, 0.25) is 0 Å². The molecule has 0 saturated carbocycles. The van der Waals surface area contributed by atoms with E-state index >= 15 is 0 Å². The summed E-state index contributed by atoms with van der Waals surface area (Å²) in [6, 6.07) is 12.7. The Labute approximate surface area is 261 Å². The molecule has 0 radical (unpaired) electrons. The predicted molar refractivity (Wildman–Crippen MR) is 161 cm³/mol. The maximum Gasteiger partial charge on any atom is 0.490 e. The SMILES string of the molecule is CNC(=O)C(Cc1ccc(C(=N)N)cc1)C(=O)N[C@H](C(=O)NC(CCCN=C(N)N)C(N)=O)c1ccccc1.O=C(O)C(F)(F)F. The van der Waals surface area contributed by atoms with Gasteiger partial charge >= 0.3 is 12.1 Å². The molecular formula is C28H36F3N9O6. The zero-order chi connectivity index (χ0) is 35.0. The van der Waals surface area contributed by atoms with Gasteiger partial charge < -0.3 is 44.0 Å². The zero-order valence-corrected chi connectivity index (χ0v) is 24.6. The van der Waals surface area contributed by atoms with Gasteiger partial charge in [0.2, 0.25) is 23.6 Å². The first-order chi connectivity index (χ1) is 21.5. The lowest BCUT2D eigenvalue weighted by Gasteiger charge is -2.24. The van der Waals surface area contributed by atoms with Crippen molar-refractivity contribution in [1.82, 2.24) is 16.0 Å².